The monoisotopic (exact) mass is 465 g/mol. The van der Waals surface area contributed by atoms with Gasteiger partial charge in [0.25, 0.3) is 5.91 Å². The van der Waals surface area contributed by atoms with Gasteiger partial charge in [-0.15, -0.1) is 0 Å². The van der Waals surface area contributed by atoms with E-state index in [0.717, 1.165) is 33.2 Å². The SMILES string of the molecule is Cc1c(C(=O)N2CCN(c3ccc(C#N)cn3)CC2)c2cc(Br)ccc2n1CC=O. The number of rotatable bonds is 4. The number of fused-ring (bicyclic) bond motifs is 1. The summed E-state index contributed by atoms with van der Waals surface area (Å²) in [6, 6.07) is 11.4. The Morgan fingerprint density at radius 1 is 1.23 bits per heavy atom. The van der Waals surface area contributed by atoms with Crippen molar-refractivity contribution < 1.29 is 9.59 Å². The molecule has 1 aromatic carbocycles. The molecule has 152 valence electrons. The largest absolute Gasteiger partial charge is 0.353 e. The summed E-state index contributed by atoms with van der Waals surface area (Å²) in [6.07, 6.45) is 2.42. The maximum Gasteiger partial charge on any atom is 0.256 e. The van der Waals surface area contributed by atoms with Crippen LogP contribution in [0.5, 0.6) is 0 Å². The quantitative estimate of drug-likeness (QED) is 0.552. The highest BCUT2D eigenvalue weighted by molar-refractivity contribution is 9.10. The lowest BCUT2D eigenvalue weighted by Crippen LogP contribution is -2.49. The molecule has 0 unspecified atom stereocenters. The van der Waals surface area contributed by atoms with Crippen molar-refractivity contribution in [1.82, 2.24) is 14.5 Å². The molecule has 1 saturated heterocycles. The van der Waals surface area contributed by atoms with Crippen molar-refractivity contribution in [2.24, 2.45) is 0 Å². The first-order valence-corrected chi connectivity index (χ1v) is 10.4. The summed E-state index contributed by atoms with van der Waals surface area (Å²) >= 11 is 3.49. The number of nitriles is 1. The highest BCUT2D eigenvalue weighted by Gasteiger charge is 2.27. The summed E-state index contributed by atoms with van der Waals surface area (Å²) in [5.74, 6) is 0.788. The van der Waals surface area contributed by atoms with Crippen molar-refractivity contribution in [3.05, 3.63) is 57.8 Å². The molecule has 2 aromatic heterocycles. The van der Waals surface area contributed by atoms with Crippen LogP contribution in [0.1, 0.15) is 21.6 Å². The van der Waals surface area contributed by atoms with Gasteiger partial charge in [0.15, 0.2) is 0 Å². The molecule has 1 aliphatic heterocycles. The number of carbonyl (C=O) groups excluding carboxylic acids is 2. The first-order valence-electron chi connectivity index (χ1n) is 9.66. The molecule has 1 fully saturated rings. The smallest absolute Gasteiger partial charge is 0.256 e. The van der Waals surface area contributed by atoms with Gasteiger partial charge in [-0.25, -0.2) is 4.98 Å². The molecule has 0 bridgehead atoms. The zero-order valence-corrected chi connectivity index (χ0v) is 18.1. The summed E-state index contributed by atoms with van der Waals surface area (Å²) in [5, 5.41) is 9.77. The number of pyridine rings is 1. The fourth-order valence-electron chi connectivity index (χ4n) is 3.97. The molecule has 1 aliphatic rings. The topological polar surface area (TPSA) is 82.2 Å². The first-order chi connectivity index (χ1) is 14.5. The van der Waals surface area contributed by atoms with E-state index in [0.29, 0.717) is 37.3 Å². The molecule has 7 nitrogen and oxygen atoms in total. The van der Waals surface area contributed by atoms with Crippen LogP contribution in [-0.2, 0) is 11.3 Å². The van der Waals surface area contributed by atoms with E-state index in [1.54, 1.807) is 12.3 Å². The van der Waals surface area contributed by atoms with Gasteiger partial charge in [-0.3, -0.25) is 4.79 Å². The van der Waals surface area contributed by atoms with Crippen LogP contribution in [0.2, 0.25) is 0 Å². The van der Waals surface area contributed by atoms with Gasteiger partial charge < -0.3 is 19.2 Å². The number of carbonyl (C=O) groups is 2. The number of nitrogens with zero attached hydrogens (tertiary/aromatic N) is 5. The predicted molar refractivity (Wildman–Crippen MR) is 118 cm³/mol. The molecule has 8 heteroatoms. The first kappa shape index (κ1) is 20.1. The minimum Gasteiger partial charge on any atom is -0.353 e. The molecule has 0 spiro atoms. The third-order valence-electron chi connectivity index (χ3n) is 5.52. The number of benzene rings is 1. The number of amides is 1. The maximum absolute atomic E-state index is 13.4. The van der Waals surface area contributed by atoms with E-state index in [4.69, 9.17) is 5.26 Å². The second-order valence-electron chi connectivity index (χ2n) is 7.20. The molecular weight excluding hydrogens is 446 g/mol. The van der Waals surface area contributed by atoms with Crippen LogP contribution in [0.25, 0.3) is 10.9 Å². The minimum absolute atomic E-state index is 0.0207. The number of hydrogen-bond donors (Lipinski definition) is 0. The average Bonchev–Trinajstić information content (AvgIpc) is 3.04. The Morgan fingerprint density at radius 2 is 2.00 bits per heavy atom. The molecule has 3 heterocycles. The molecule has 0 atom stereocenters. The molecular formula is C22H20BrN5O2. The summed E-state index contributed by atoms with van der Waals surface area (Å²) in [6.45, 7) is 4.60. The lowest BCUT2D eigenvalue weighted by Gasteiger charge is -2.35. The summed E-state index contributed by atoms with van der Waals surface area (Å²) in [7, 11) is 0. The second-order valence-corrected chi connectivity index (χ2v) is 8.11. The molecule has 30 heavy (non-hydrogen) atoms. The number of halogens is 1. The van der Waals surface area contributed by atoms with Crippen molar-refractivity contribution in [3.8, 4) is 6.07 Å². The van der Waals surface area contributed by atoms with Crippen molar-refractivity contribution >= 4 is 44.8 Å². The zero-order chi connectivity index (χ0) is 21.3. The number of hydrogen-bond acceptors (Lipinski definition) is 5. The summed E-state index contributed by atoms with van der Waals surface area (Å²) in [4.78, 5) is 32.9. The molecule has 4 rings (SSSR count). The van der Waals surface area contributed by atoms with Gasteiger partial charge in [-0.2, -0.15) is 5.26 Å². The van der Waals surface area contributed by atoms with Gasteiger partial charge in [0.2, 0.25) is 0 Å². The normalized spacial score (nSPS) is 14.0. The van der Waals surface area contributed by atoms with Gasteiger partial charge in [0.1, 0.15) is 18.2 Å². The Morgan fingerprint density at radius 3 is 2.63 bits per heavy atom. The van der Waals surface area contributed by atoms with Crippen LogP contribution >= 0.6 is 15.9 Å². The lowest BCUT2D eigenvalue weighted by molar-refractivity contribution is -0.108. The number of aldehydes is 1. The highest BCUT2D eigenvalue weighted by Crippen LogP contribution is 2.30. The van der Waals surface area contributed by atoms with E-state index >= 15 is 0 Å². The Labute approximate surface area is 182 Å². The highest BCUT2D eigenvalue weighted by atomic mass is 79.9. The Balaban J connectivity index is 1.58. The lowest BCUT2D eigenvalue weighted by atomic mass is 10.1. The fraction of sp³-hybridized carbons (Fsp3) is 0.273. The van der Waals surface area contributed by atoms with Crippen molar-refractivity contribution in [2.75, 3.05) is 31.1 Å². The molecule has 0 aliphatic carbocycles. The summed E-state index contributed by atoms with van der Waals surface area (Å²) < 4.78 is 2.78. The van der Waals surface area contributed by atoms with Crippen LogP contribution in [-0.4, -0.2) is 52.8 Å². The Hall–Kier alpha value is -3.18. The maximum atomic E-state index is 13.4. The van der Waals surface area contributed by atoms with Crippen LogP contribution in [0.4, 0.5) is 5.82 Å². The molecule has 1 amide bonds. The van der Waals surface area contributed by atoms with Gasteiger partial charge in [0, 0.05) is 53.4 Å². The molecule has 3 aromatic rings. The third-order valence-corrected chi connectivity index (χ3v) is 6.02. The second kappa shape index (κ2) is 8.28. The standard InChI is InChI=1S/C22H20BrN5O2/c1-15-21(18-12-17(23)3-4-19(18)28(15)10-11-29)22(30)27-8-6-26(7-9-27)20-5-2-16(13-24)14-25-20/h2-5,11-12,14H,6-10H2,1H3. The van der Waals surface area contributed by atoms with Crippen LogP contribution in [0, 0.1) is 18.3 Å². The van der Waals surface area contributed by atoms with E-state index in [2.05, 4.69) is 31.9 Å². The van der Waals surface area contributed by atoms with Crippen molar-refractivity contribution in [1.29, 1.82) is 5.26 Å². The van der Waals surface area contributed by atoms with Crippen LogP contribution in [0.3, 0.4) is 0 Å². The third kappa shape index (κ3) is 3.57. The molecule has 0 radical (unpaired) electrons. The van der Waals surface area contributed by atoms with Crippen LogP contribution < -0.4 is 4.90 Å². The Kier molecular flexibility index (Phi) is 5.55. The molecule has 0 saturated carbocycles. The fourth-order valence-corrected chi connectivity index (χ4v) is 4.33. The number of piperazine rings is 1. The Bertz CT molecular complexity index is 1150. The number of anilines is 1. The zero-order valence-electron chi connectivity index (χ0n) is 16.5. The van der Waals surface area contributed by atoms with Gasteiger partial charge in [0.05, 0.1) is 17.7 Å². The van der Waals surface area contributed by atoms with Gasteiger partial charge >= 0.3 is 0 Å². The van der Waals surface area contributed by atoms with E-state index in [1.807, 2.05) is 40.7 Å². The van der Waals surface area contributed by atoms with E-state index in [9.17, 15) is 9.59 Å². The van der Waals surface area contributed by atoms with Crippen LogP contribution in [0.15, 0.2) is 41.0 Å². The van der Waals surface area contributed by atoms with Crippen molar-refractivity contribution in [3.63, 3.8) is 0 Å². The van der Waals surface area contributed by atoms with Gasteiger partial charge in [-0.05, 0) is 37.3 Å². The van der Waals surface area contributed by atoms with E-state index in [-0.39, 0.29) is 12.5 Å². The predicted octanol–water partition coefficient (Wildman–Crippen LogP) is 3.14. The number of aromatic nitrogens is 2. The minimum atomic E-state index is -0.0207. The summed E-state index contributed by atoms with van der Waals surface area (Å²) in [5.41, 5.74) is 2.86. The average molecular weight is 466 g/mol. The molecule has 0 N–H and O–H groups in total. The van der Waals surface area contributed by atoms with E-state index < -0.39 is 0 Å². The van der Waals surface area contributed by atoms with Crippen molar-refractivity contribution in [2.45, 2.75) is 13.5 Å². The van der Waals surface area contributed by atoms with E-state index in [1.165, 1.54) is 0 Å². The van der Waals surface area contributed by atoms with Gasteiger partial charge in [-0.1, -0.05) is 15.9 Å².